The molecule has 3 aromatic rings. The van der Waals surface area contributed by atoms with E-state index in [1.807, 2.05) is 18.2 Å². The summed E-state index contributed by atoms with van der Waals surface area (Å²) in [4.78, 5) is 25.7. The first-order valence-corrected chi connectivity index (χ1v) is 7.71. The van der Waals surface area contributed by atoms with Crippen molar-refractivity contribution in [1.29, 1.82) is 0 Å². The Balaban J connectivity index is 1.69. The van der Waals surface area contributed by atoms with Gasteiger partial charge in [0.15, 0.2) is 0 Å². The number of nitrogens with one attached hydrogen (secondary N) is 2. The van der Waals surface area contributed by atoms with Crippen molar-refractivity contribution in [1.82, 2.24) is 10.3 Å². The molecule has 0 atom stereocenters. The number of nitro groups is 1. The zero-order valence-corrected chi connectivity index (χ0v) is 13.6. The Bertz CT molecular complexity index is 933. The van der Waals surface area contributed by atoms with Crippen molar-refractivity contribution in [2.45, 2.75) is 13.0 Å². The van der Waals surface area contributed by atoms with E-state index in [-0.39, 0.29) is 24.6 Å². The van der Waals surface area contributed by atoms with Gasteiger partial charge in [-0.25, -0.2) is 0 Å². The Morgan fingerprint density at radius 2 is 2.08 bits per heavy atom. The first-order valence-electron chi connectivity index (χ1n) is 7.71. The van der Waals surface area contributed by atoms with Gasteiger partial charge in [-0.05, 0) is 23.3 Å². The van der Waals surface area contributed by atoms with Gasteiger partial charge in [-0.3, -0.25) is 14.9 Å². The Hall–Kier alpha value is -3.35. The predicted molar refractivity (Wildman–Crippen MR) is 93.5 cm³/mol. The van der Waals surface area contributed by atoms with Crippen LogP contribution in [0.1, 0.15) is 11.1 Å². The van der Waals surface area contributed by atoms with E-state index < -0.39 is 4.92 Å². The Morgan fingerprint density at radius 1 is 1.28 bits per heavy atom. The van der Waals surface area contributed by atoms with E-state index in [2.05, 4.69) is 10.3 Å². The lowest BCUT2D eigenvalue weighted by atomic mass is 10.1. The molecular weight excluding hydrogens is 322 g/mol. The van der Waals surface area contributed by atoms with Crippen molar-refractivity contribution in [3.8, 4) is 5.75 Å². The maximum Gasteiger partial charge on any atom is 0.269 e. The van der Waals surface area contributed by atoms with Crippen molar-refractivity contribution >= 4 is 22.5 Å². The summed E-state index contributed by atoms with van der Waals surface area (Å²) in [5, 5.41) is 14.5. The van der Waals surface area contributed by atoms with Crippen LogP contribution in [0.2, 0.25) is 0 Å². The summed E-state index contributed by atoms with van der Waals surface area (Å²) >= 11 is 0. The first kappa shape index (κ1) is 16.5. The summed E-state index contributed by atoms with van der Waals surface area (Å²) in [6.07, 6.45) is 1.98. The molecule has 0 aliphatic heterocycles. The summed E-state index contributed by atoms with van der Waals surface area (Å²) in [6, 6.07) is 11.9. The van der Waals surface area contributed by atoms with Crippen LogP contribution in [-0.2, 0) is 17.8 Å². The van der Waals surface area contributed by atoms with Gasteiger partial charge in [-0.15, -0.1) is 0 Å². The van der Waals surface area contributed by atoms with Crippen LogP contribution in [-0.4, -0.2) is 22.9 Å². The van der Waals surface area contributed by atoms with Crippen LogP contribution in [0.5, 0.6) is 5.75 Å². The number of carbonyl (C=O) groups is 1. The van der Waals surface area contributed by atoms with Crippen LogP contribution in [0.25, 0.3) is 10.9 Å². The first-order chi connectivity index (χ1) is 12.1. The van der Waals surface area contributed by atoms with Crippen LogP contribution in [0.15, 0.2) is 48.7 Å². The SMILES string of the molecule is COc1cccc2[nH]cc(CC(=O)NCc3cccc([N+](=O)[O-])c3)c12. The molecule has 0 radical (unpaired) electrons. The fraction of sp³-hybridized carbons (Fsp3) is 0.167. The van der Waals surface area contributed by atoms with Gasteiger partial charge in [-0.2, -0.15) is 0 Å². The largest absolute Gasteiger partial charge is 0.496 e. The lowest BCUT2D eigenvalue weighted by Gasteiger charge is -2.07. The molecule has 0 unspecified atom stereocenters. The molecule has 0 aliphatic carbocycles. The van der Waals surface area contributed by atoms with E-state index >= 15 is 0 Å². The van der Waals surface area contributed by atoms with Gasteiger partial charge in [0.2, 0.25) is 5.91 Å². The van der Waals surface area contributed by atoms with Crippen molar-refractivity contribution in [3.05, 3.63) is 69.9 Å². The Labute approximate surface area is 143 Å². The number of non-ortho nitro benzene ring substituents is 1. The van der Waals surface area contributed by atoms with Crippen LogP contribution < -0.4 is 10.1 Å². The van der Waals surface area contributed by atoms with Gasteiger partial charge in [0.05, 0.1) is 18.5 Å². The standard InChI is InChI=1S/C18H17N3O4/c1-25-16-7-3-6-15-18(16)13(11-19-15)9-17(22)20-10-12-4-2-5-14(8-12)21(23)24/h2-8,11,19H,9-10H2,1H3,(H,20,22). The predicted octanol–water partition coefficient (Wildman–Crippen LogP) is 2.94. The lowest BCUT2D eigenvalue weighted by Crippen LogP contribution is -2.24. The molecule has 1 aromatic heterocycles. The fourth-order valence-electron chi connectivity index (χ4n) is 2.75. The highest BCUT2D eigenvalue weighted by Gasteiger charge is 2.13. The fourth-order valence-corrected chi connectivity index (χ4v) is 2.75. The maximum atomic E-state index is 12.2. The van der Waals surface area contributed by atoms with E-state index in [0.29, 0.717) is 11.3 Å². The third kappa shape index (κ3) is 3.60. The molecule has 1 amide bonds. The summed E-state index contributed by atoms with van der Waals surface area (Å²) in [5.41, 5.74) is 2.43. The minimum atomic E-state index is -0.455. The number of hydrogen-bond donors (Lipinski definition) is 2. The number of fused-ring (bicyclic) bond motifs is 1. The summed E-state index contributed by atoms with van der Waals surface area (Å²) in [6.45, 7) is 0.236. The second kappa shape index (κ2) is 7.04. The number of hydrogen-bond acceptors (Lipinski definition) is 4. The average Bonchev–Trinajstić information content (AvgIpc) is 3.03. The molecule has 0 bridgehead atoms. The molecule has 0 saturated carbocycles. The second-order valence-corrected chi connectivity index (χ2v) is 5.58. The molecule has 2 N–H and O–H groups in total. The average molecular weight is 339 g/mol. The smallest absolute Gasteiger partial charge is 0.269 e. The van der Waals surface area contributed by atoms with Gasteiger partial charge in [0, 0.05) is 35.8 Å². The summed E-state index contributed by atoms with van der Waals surface area (Å²) < 4.78 is 5.36. The molecule has 25 heavy (non-hydrogen) atoms. The van der Waals surface area contributed by atoms with Crippen molar-refractivity contribution < 1.29 is 14.5 Å². The molecule has 0 saturated heterocycles. The molecular formula is C18H17N3O4. The number of methoxy groups -OCH3 is 1. The number of nitro benzene ring substituents is 1. The number of H-pyrrole nitrogens is 1. The molecule has 2 aromatic carbocycles. The zero-order chi connectivity index (χ0) is 17.8. The van der Waals surface area contributed by atoms with Crippen molar-refractivity contribution in [3.63, 3.8) is 0 Å². The molecule has 0 fully saturated rings. The molecule has 1 heterocycles. The minimum absolute atomic E-state index is 0.00751. The van der Waals surface area contributed by atoms with E-state index in [0.717, 1.165) is 16.5 Å². The van der Waals surface area contributed by atoms with Gasteiger partial charge in [-0.1, -0.05) is 18.2 Å². The van der Waals surface area contributed by atoms with Gasteiger partial charge in [0.1, 0.15) is 5.75 Å². The number of ether oxygens (including phenoxy) is 1. The molecule has 7 heteroatoms. The number of rotatable bonds is 6. The number of benzene rings is 2. The molecule has 0 aliphatic rings. The lowest BCUT2D eigenvalue weighted by molar-refractivity contribution is -0.384. The number of aromatic nitrogens is 1. The molecule has 0 spiro atoms. The van der Waals surface area contributed by atoms with Gasteiger partial charge in [0.25, 0.3) is 5.69 Å². The van der Waals surface area contributed by atoms with Gasteiger partial charge >= 0.3 is 0 Å². The highest BCUT2D eigenvalue weighted by molar-refractivity contribution is 5.93. The summed E-state index contributed by atoms with van der Waals surface area (Å²) in [5.74, 6) is 0.540. The maximum absolute atomic E-state index is 12.2. The Morgan fingerprint density at radius 3 is 2.84 bits per heavy atom. The number of nitrogens with zero attached hydrogens (tertiary/aromatic N) is 1. The quantitative estimate of drug-likeness (QED) is 0.533. The molecule has 3 rings (SSSR count). The third-order valence-electron chi connectivity index (χ3n) is 3.93. The molecule has 7 nitrogen and oxygen atoms in total. The highest BCUT2D eigenvalue weighted by atomic mass is 16.6. The van der Waals surface area contributed by atoms with Gasteiger partial charge < -0.3 is 15.0 Å². The van der Waals surface area contributed by atoms with Crippen molar-refractivity contribution in [2.75, 3.05) is 7.11 Å². The van der Waals surface area contributed by atoms with Crippen LogP contribution >= 0.6 is 0 Å². The van der Waals surface area contributed by atoms with Crippen LogP contribution in [0.3, 0.4) is 0 Å². The van der Waals surface area contributed by atoms with Crippen LogP contribution in [0, 0.1) is 10.1 Å². The third-order valence-corrected chi connectivity index (χ3v) is 3.93. The number of carbonyl (C=O) groups excluding carboxylic acids is 1. The van der Waals surface area contributed by atoms with Crippen LogP contribution in [0.4, 0.5) is 5.69 Å². The topological polar surface area (TPSA) is 97.3 Å². The monoisotopic (exact) mass is 339 g/mol. The van der Waals surface area contributed by atoms with Crippen molar-refractivity contribution in [2.24, 2.45) is 0 Å². The van der Waals surface area contributed by atoms with E-state index in [4.69, 9.17) is 4.74 Å². The zero-order valence-electron chi connectivity index (χ0n) is 13.6. The Kier molecular flexibility index (Phi) is 4.65. The minimum Gasteiger partial charge on any atom is -0.496 e. The van der Waals surface area contributed by atoms with E-state index in [9.17, 15) is 14.9 Å². The van der Waals surface area contributed by atoms with E-state index in [1.165, 1.54) is 12.1 Å². The molecule has 128 valence electrons. The van der Waals surface area contributed by atoms with E-state index in [1.54, 1.807) is 25.4 Å². The summed E-state index contributed by atoms with van der Waals surface area (Å²) in [7, 11) is 1.59. The highest BCUT2D eigenvalue weighted by Crippen LogP contribution is 2.28. The second-order valence-electron chi connectivity index (χ2n) is 5.58. The number of amides is 1. The number of aromatic amines is 1. The normalized spacial score (nSPS) is 10.6.